The van der Waals surface area contributed by atoms with Crippen LogP contribution >= 0.6 is 0 Å². The van der Waals surface area contributed by atoms with Gasteiger partial charge >= 0.3 is 5.63 Å². The number of benzene rings is 2. The second kappa shape index (κ2) is 6.22. The second-order valence-electron chi connectivity index (χ2n) is 6.48. The molecule has 0 radical (unpaired) electrons. The first-order valence-electron chi connectivity index (χ1n) is 8.39. The van der Waals surface area contributed by atoms with Gasteiger partial charge in [-0.3, -0.25) is 0 Å². The Labute approximate surface area is 150 Å². The Hall–Kier alpha value is -3.28. The Balaban J connectivity index is 1.73. The maximum absolute atomic E-state index is 12.0. The molecule has 4 rings (SSSR count). The Morgan fingerprint density at radius 1 is 1.04 bits per heavy atom. The fourth-order valence-corrected chi connectivity index (χ4v) is 2.94. The Kier molecular flexibility index (Phi) is 3.88. The van der Waals surface area contributed by atoms with E-state index in [9.17, 15) is 4.79 Å². The van der Waals surface area contributed by atoms with Crippen molar-refractivity contribution in [1.82, 2.24) is 20.2 Å². The van der Waals surface area contributed by atoms with E-state index in [1.807, 2.05) is 57.2 Å². The van der Waals surface area contributed by atoms with Gasteiger partial charge in [0.1, 0.15) is 5.58 Å². The minimum absolute atomic E-state index is 0.351. The maximum Gasteiger partial charge on any atom is 0.336 e. The third kappa shape index (κ3) is 2.90. The zero-order valence-corrected chi connectivity index (χ0v) is 14.9. The average molecular weight is 346 g/mol. The molecule has 2 aromatic carbocycles. The molecule has 0 bridgehead atoms. The number of rotatable bonds is 3. The van der Waals surface area contributed by atoms with Crippen LogP contribution in [0.5, 0.6) is 0 Å². The first kappa shape index (κ1) is 16.2. The van der Waals surface area contributed by atoms with Crippen LogP contribution in [0.25, 0.3) is 22.4 Å². The molecular weight excluding hydrogens is 328 g/mol. The van der Waals surface area contributed by atoms with Gasteiger partial charge in [0.05, 0.1) is 6.54 Å². The van der Waals surface area contributed by atoms with Crippen molar-refractivity contribution in [1.29, 1.82) is 0 Å². The smallest absolute Gasteiger partial charge is 0.336 e. The molecule has 4 aromatic rings. The highest BCUT2D eigenvalue weighted by Gasteiger charge is 2.12. The molecule has 26 heavy (non-hydrogen) atoms. The monoisotopic (exact) mass is 346 g/mol. The van der Waals surface area contributed by atoms with Gasteiger partial charge in [-0.1, -0.05) is 42.0 Å². The van der Waals surface area contributed by atoms with E-state index < -0.39 is 0 Å². The molecular formula is C20H18N4O2. The van der Waals surface area contributed by atoms with E-state index in [1.54, 1.807) is 0 Å². The van der Waals surface area contributed by atoms with Gasteiger partial charge in [-0.25, -0.2) is 4.79 Å². The molecule has 6 nitrogen and oxygen atoms in total. The summed E-state index contributed by atoms with van der Waals surface area (Å²) < 4.78 is 5.42. The van der Waals surface area contributed by atoms with Gasteiger partial charge in [-0.05, 0) is 42.7 Å². The lowest BCUT2D eigenvalue weighted by molar-refractivity contribution is 0.543. The molecule has 0 aliphatic carbocycles. The van der Waals surface area contributed by atoms with E-state index in [2.05, 4.69) is 15.4 Å². The summed E-state index contributed by atoms with van der Waals surface area (Å²) in [7, 11) is 0. The summed E-state index contributed by atoms with van der Waals surface area (Å²) in [4.78, 5) is 13.5. The van der Waals surface area contributed by atoms with Crippen molar-refractivity contribution in [2.45, 2.75) is 27.3 Å². The van der Waals surface area contributed by atoms with Gasteiger partial charge in [-0.2, -0.15) is 4.80 Å². The summed E-state index contributed by atoms with van der Waals surface area (Å²) in [6.07, 6.45) is 0. The molecule has 0 unspecified atom stereocenters. The first-order chi connectivity index (χ1) is 12.5. The van der Waals surface area contributed by atoms with E-state index in [1.165, 1.54) is 16.4 Å². The van der Waals surface area contributed by atoms with E-state index in [-0.39, 0.29) is 5.63 Å². The van der Waals surface area contributed by atoms with Crippen molar-refractivity contribution in [2.75, 3.05) is 0 Å². The first-order valence-corrected chi connectivity index (χ1v) is 8.39. The fourth-order valence-electron chi connectivity index (χ4n) is 2.94. The number of fused-ring (bicyclic) bond motifs is 1. The van der Waals surface area contributed by atoms with Crippen LogP contribution in [0.1, 0.15) is 22.3 Å². The number of aryl methyl sites for hydroxylation is 3. The molecule has 130 valence electrons. The molecule has 0 saturated heterocycles. The normalized spacial score (nSPS) is 11.2. The quantitative estimate of drug-likeness (QED) is 0.531. The van der Waals surface area contributed by atoms with Crippen molar-refractivity contribution >= 4 is 11.0 Å². The van der Waals surface area contributed by atoms with Crippen molar-refractivity contribution in [3.8, 4) is 11.4 Å². The molecule has 0 N–H and O–H groups in total. The van der Waals surface area contributed by atoms with Crippen molar-refractivity contribution in [3.63, 3.8) is 0 Å². The van der Waals surface area contributed by atoms with Gasteiger partial charge in [0.15, 0.2) is 0 Å². The van der Waals surface area contributed by atoms with Gasteiger partial charge in [0.2, 0.25) is 5.82 Å². The highest BCUT2D eigenvalue weighted by Crippen LogP contribution is 2.23. The molecule has 0 spiro atoms. The minimum Gasteiger partial charge on any atom is -0.422 e. The number of aromatic nitrogens is 4. The van der Waals surface area contributed by atoms with Gasteiger partial charge in [-0.15, -0.1) is 10.2 Å². The van der Waals surface area contributed by atoms with Crippen LogP contribution in [0.4, 0.5) is 0 Å². The van der Waals surface area contributed by atoms with Crippen LogP contribution in [0.15, 0.2) is 51.7 Å². The van der Waals surface area contributed by atoms with Crippen molar-refractivity contribution < 1.29 is 4.42 Å². The van der Waals surface area contributed by atoms with E-state index in [4.69, 9.17) is 4.42 Å². The summed E-state index contributed by atoms with van der Waals surface area (Å²) in [5, 5.41) is 13.6. The highest BCUT2D eigenvalue weighted by molar-refractivity contribution is 5.83. The van der Waals surface area contributed by atoms with Gasteiger partial charge in [0.25, 0.3) is 0 Å². The second-order valence-corrected chi connectivity index (χ2v) is 6.48. The van der Waals surface area contributed by atoms with Crippen LogP contribution in [-0.4, -0.2) is 20.2 Å². The number of hydrogen-bond acceptors (Lipinski definition) is 5. The summed E-state index contributed by atoms with van der Waals surface area (Å²) in [5.74, 6) is 0.560. The molecule has 0 fully saturated rings. The van der Waals surface area contributed by atoms with Crippen LogP contribution in [-0.2, 0) is 6.54 Å². The van der Waals surface area contributed by atoms with E-state index >= 15 is 0 Å². The average Bonchev–Trinajstić information content (AvgIpc) is 3.07. The highest BCUT2D eigenvalue weighted by atomic mass is 16.4. The summed E-state index contributed by atoms with van der Waals surface area (Å²) >= 11 is 0. The van der Waals surface area contributed by atoms with Crippen molar-refractivity contribution in [2.24, 2.45) is 0 Å². The molecule has 0 saturated carbocycles. The SMILES string of the molecule is Cc1ccc(-c2nnn(Cc3cc(=O)oc4c(C)c(C)ccc34)n2)cc1. The van der Waals surface area contributed by atoms with Gasteiger partial charge < -0.3 is 4.42 Å². The maximum atomic E-state index is 12.0. The molecule has 2 aromatic heterocycles. The predicted octanol–water partition coefficient (Wildman–Crippen LogP) is 3.42. The largest absolute Gasteiger partial charge is 0.422 e. The van der Waals surface area contributed by atoms with Crippen LogP contribution in [0.3, 0.4) is 0 Å². The Bertz CT molecular complexity index is 1160. The third-order valence-corrected chi connectivity index (χ3v) is 4.59. The van der Waals surface area contributed by atoms with Crippen LogP contribution in [0, 0.1) is 20.8 Å². The zero-order valence-electron chi connectivity index (χ0n) is 14.9. The summed E-state index contributed by atoms with van der Waals surface area (Å²) in [6, 6.07) is 13.4. The lowest BCUT2D eigenvalue weighted by atomic mass is 10.0. The molecule has 2 heterocycles. The van der Waals surface area contributed by atoms with Crippen molar-refractivity contribution in [3.05, 3.63) is 75.1 Å². The lowest BCUT2D eigenvalue weighted by Gasteiger charge is -2.08. The predicted molar refractivity (Wildman–Crippen MR) is 99.1 cm³/mol. The van der Waals surface area contributed by atoms with Gasteiger partial charge in [0, 0.05) is 17.0 Å². The Morgan fingerprint density at radius 2 is 1.81 bits per heavy atom. The summed E-state index contributed by atoms with van der Waals surface area (Å²) in [6.45, 7) is 6.33. The summed E-state index contributed by atoms with van der Waals surface area (Å²) in [5.41, 5.74) is 5.19. The van der Waals surface area contributed by atoms with E-state index in [0.29, 0.717) is 18.0 Å². The number of hydrogen-bond donors (Lipinski definition) is 0. The standard InChI is InChI=1S/C20H18N4O2/c1-12-4-7-15(8-5-12)20-21-23-24(22-20)11-16-10-18(25)26-19-14(3)13(2)6-9-17(16)19/h4-10H,11H2,1-3H3. The molecule has 0 atom stereocenters. The number of tetrazole rings is 1. The fraction of sp³-hybridized carbons (Fsp3) is 0.200. The third-order valence-electron chi connectivity index (χ3n) is 4.59. The molecule has 0 aliphatic heterocycles. The Morgan fingerprint density at radius 3 is 2.58 bits per heavy atom. The minimum atomic E-state index is -0.375. The molecule has 6 heteroatoms. The lowest BCUT2D eigenvalue weighted by Crippen LogP contribution is -2.09. The van der Waals surface area contributed by atoms with Crippen LogP contribution in [0.2, 0.25) is 0 Å². The molecule has 0 aliphatic rings. The number of nitrogens with zero attached hydrogens (tertiary/aromatic N) is 4. The van der Waals surface area contributed by atoms with Crippen LogP contribution < -0.4 is 5.63 Å². The molecule has 0 amide bonds. The topological polar surface area (TPSA) is 73.8 Å². The zero-order chi connectivity index (χ0) is 18.3. The van der Waals surface area contributed by atoms with E-state index in [0.717, 1.165) is 27.6 Å².